The number of benzene rings is 1. The van der Waals surface area contributed by atoms with E-state index >= 15 is 0 Å². The zero-order valence-corrected chi connectivity index (χ0v) is 23.1. The fourth-order valence-corrected chi connectivity index (χ4v) is 6.99. The minimum Gasteiger partial charge on any atom is -0.465 e. The Morgan fingerprint density at radius 3 is 2.41 bits per heavy atom. The molecule has 1 amide bonds. The number of amides is 1. The van der Waals surface area contributed by atoms with Crippen LogP contribution in [0.2, 0.25) is 0 Å². The van der Waals surface area contributed by atoms with Crippen molar-refractivity contribution in [3.63, 3.8) is 0 Å². The van der Waals surface area contributed by atoms with E-state index in [9.17, 15) is 9.59 Å². The number of esters is 1. The van der Waals surface area contributed by atoms with Gasteiger partial charge in [-0.25, -0.2) is 9.78 Å². The van der Waals surface area contributed by atoms with Gasteiger partial charge in [-0.1, -0.05) is 31.2 Å². The molecule has 1 saturated carbocycles. The molecule has 196 valence electrons. The Balaban J connectivity index is 1.49. The van der Waals surface area contributed by atoms with Gasteiger partial charge in [0.2, 0.25) is 5.91 Å². The number of ether oxygens (including phenoxy) is 2. The van der Waals surface area contributed by atoms with Gasteiger partial charge in [0.1, 0.15) is 4.88 Å². The van der Waals surface area contributed by atoms with Crippen molar-refractivity contribution in [2.24, 2.45) is 17.8 Å². The summed E-state index contributed by atoms with van der Waals surface area (Å²) in [6.45, 7) is 4.31. The van der Waals surface area contributed by atoms with Crippen molar-refractivity contribution in [3.8, 4) is 21.7 Å². The van der Waals surface area contributed by atoms with E-state index in [2.05, 4.69) is 36.2 Å². The Morgan fingerprint density at radius 1 is 1.05 bits per heavy atom. The van der Waals surface area contributed by atoms with Crippen LogP contribution in [0.3, 0.4) is 0 Å². The monoisotopic (exact) mass is 538 g/mol. The summed E-state index contributed by atoms with van der Waals surface area (Å²) < 4.78 is 10.8. The van der Waals surface area contributed by atoms with Crippen molar-refractivity contribution in [2.45, 2.75) is 45.4 Å². The Kier molecular flexibility index (Phi) is 8.37. The lowest BCUT2D eigenvalue weighted by atomic mass is 9.82. The molecule has 8 heteroatoms. The second-order valence-corrected chi connectivity index (χ2v) is 12.0. The number of carbonyl (C=O) groups is 2. The molecule has 2 aromatic heterocycles. The molecule has 2 fully saturated rings. The summed E-state index contributed by atoms with van der Waals surface area (Å²) in [7, 11) is 1.40. The Labute approximate surface area is 226 Å². The predicted molar refractivity (Wildman–Crippen MR) is 149 cm³/mol. The smallest absolute Gasteiger partial charge is 0.350 e. The fourth-order valence-electron chi connectivity index (χ4n) is 5.35. The number of hydrogen-bond donors (Lipinski definition) is 0. The molecule has 0 unspecified atom stereocenters. The second kappa shape index (κ2) is 11.9. The third kappa shape index (κ3) is 5.97. The Hall–Kier alpha value is -2.55. The van der Waals surface area contributed by atoms with Crippen LogP contribution in [0.15, 0.2) is 41.2 Å². The first-order chi connectivity index (χ1) is 18.0. The quantitative estimate of drug-likeness (QED) is 0.306. The lowest BCUT2D eigenvalue weighted by Crippen LogP contribution is -2.42. The van der Waals surface area contributed by atoms with Crippen LogP contribution in [-0.4, -0.2) is 43.7 Å². The van der Waals surface area contributed by atoms with Crippen molar-refractivity contribution in [3.05, 3.63) is 46.1 Å². The number of hydrogen-bond acceptors (Lipinski definition) is 7. The molecule has 1 aromatic carbocycles. The number of methoxy groups -OCH3 is 1. The van der Waals surface area contributed by atoms with Gasteiger partial charge in [-0.2, -0.15) is 0 Å². The van der Waals surface area contributed by atoms with Crippen LogP contribution in [0.1, 0.15) is 55.1 Å². The highest BCUT2D eigenvalue weighted by Crippen LogP contribution is 2.40. The van der Waals surface area contributed by atoms with Gasteiger partial charge in [0, 0.05) is 41.5 Å². The maximum Gasteiger partial charge on any atom is 0.350 e. The molecule has 37 heavy (non-hydrogen) atoms. The highest BCUT2D eigenvalue weighted by molar-refractivity contribution is 7.18. The van der Waals surface area contributed by atoms with E-state index in [1.807, 2.05) is 21.9 Å². The first kappa shape index (κ1) is 26.1. The largest absolute Gasteiger partial charge is 0.465 e. The lowest BCUT2D eigenvalue weighted by molar-refractivity contribution is -0.123. The zero-order chi connectivity index (χ0) is 25.8. The van der Waals surface area contributed by atoms with Crippen LogP contribution >= 0.6 is 22.7 Å². The van der Waals surface area contributed by atoms with E-state index in [1.165, 1.54) is 18.4 Å². The molecule has 0 radical (unpaired) electrons. The molecular weight excluding hydrogens is 504 g/mol. The van der Waals surface area contributed by atoms with Gasteiger partial charge in [0.15, 0.2) is 0 Å². The predicted octanol–water partition coefficient (Wildman–Crippen LogP) is 6.91. The van der Waals surface area contributed by atoms with Gasteiger partial charge in [0.05, 0.1) is 24.0 Å². The molecule has 3 heterocycles. The maximum atomic E-state index is 14.0. The molecule has 1 saturated heterocycles. The normalized spacial score (nSPS) is 20.5. The third-order valence-corrected chi connectivity index (χ3v) is 9.42. The average molecular weight is 539 g/mol. The molecule has 1 aliphatic heterocycles. The van der Waals surface area contributed by atoms with Crippen LogP contribution in [0.5, 0.6) is 0 Å². The summed E-state index contributed by atoms with van der Waals surface area (Å²) in [4.78, 5) is 34.7. The van der Waals surface area contributed by atoms with Gasteiger partial charge in [0.25, 0.3) is 0 Å². The molecule has 0 bridgehead atoms. The SMILES string of the molecule is COC(=O)c1sc(-c2ccc(-c3cscn3)cc2)cc1N(CC1CCOCC1)C(=O)C1CCC(C)CC1. The van der Waals surface area contributed by atoms with Gasteiger partial charge >= 0.3 is 5.97 Å². The van der Waals surface area contributed by atoms with Gasteiger partial charge in [-0.3, -0.25) is 4.79 Å². The van der Waals surface area contributed by atoms with E-state index in [4.69, 9.17) is 9.47 Å². The van der Waals surface area contributed by atoms with Gasteiger partial charge in [-0.15, -0.1) is 22.7 Å². The molecule has 5 rings (SSSR count). The summed E-state index contributed by atoms with van der Waals surface area (Å²) in [5.41, 5.74) is 5.52. The molecule has 2 aliphatic rings. The number of carbonyl (C=O) groups excluding carboxylic acids is 2. The number of thiophene rings is 1. The molecule has 0 N–H and O–H groups in total. The Bertz CT molecular complexity index is 1190. The maximum absolute atomic E-state index is 14.0. The summed E-state index contributed by atoms with van der Waals surface area (Å²) >= 11 is 2.97. The molecule has 1 aliphatic carbocycles. The number of thiazole rings is 1. The van der Waals surface area contributed by atoms with E-state index in [-0.39, 0.29) is 11.8 Å². The number of rotatable bonds is 7. The van der Waals surface area contributed by atoms with Crippen molar-refractivity contribution in [1.82, 2.24) is 4.98 Å². The van der Waals surface area contributed by atoms with E-state index < -0.39 is 5.97 Å². The highest BCUT2D eigenvalue weighted by atomic mass is 32.1. The molecular formula is C29H34N2O4S2. The number of nitrogens with zero attached hydrogens (tertiary/aromatic N) is 2. The molecule has 3 aromatic rings. The second-order valence-electron chi connectivity index (χ2n) is 10.2. The first-order valence-electron chi connectivity index (χ1n) is 13.1. The van der Waals surface area contributed by atoms with E-state index in [0.29, 0.717) is 28.9 Å². The lowest BCUT2D eigenvalue weighted by Gasteiger charge is -2.34. The molecule has 0 spiro atoms. The standard InChI is InChI=1S/C29H34N2O4S2/c1-19-3-5-23(6-4-19)28(32)31(16-20-11-13-35-14-12-20)25-15-26(37-27(25)29(33)34-2)22-9-7-21(8-10-22)24-17-36-18-30-24/h7-10,15,17-20,23H,3-6,11-14,16H2,1-2H3. The highest BCUT2D eigenvalue weighted by Gasteiger charge is 2.34. The van der Waals surface area contributed by atoms with Crippen molar-refractivity contribution >= 4 is 40.2 Å². The minimum atomic E-state index is -0.396. The summed E-state index contributed by atoms with van der Waals surface area (Å²) in [6, 6.07) is 10.2. The summed E-state index contributed by atoms with van der Waals surface area (Å²) in [5.74, 6) is 0.770. The van der Waals surface area contributed by atoms with Crippen LogP contribution in [-0.2, 0) is 14.3 Å². The van der Waals surface area contributed by atoms with Gasteiger partial charge < -0.3 is 14.4 Å². The molecule has 0 atom stereocenters. The summed E-state index contributed by atoms with van der Waals surface area (Å²) in [5, 5.41) is 2.03. The number of anilines is 1. The van der Waals surface area contributed by atoms with Gasteiger partial charge in [-0.05, 0) is 62.0 Å². The minimum absolute atomic E-state index is 0.00211. The van der Waals surface area contributed by atoms with E-state index in [0.717, 1.165) is 73.4 Å². The van der Waals surface area contributed by atoms with Crippen molar-refractivity contribution < 1.29 is 19.1 Å². The van der Waals surface area contributed by atoms with Crippen molar-refractivity contribution in [1.29, 1.82) is 0 Å². The first-order valence-corrected chi connectivity index (χ1v) is 14.9. The Morgan fingerprint density at radius 2 is 1.76 bits per heavy atom. The number of aromatic nitrogens is 1. The third-order valence-electron chi connectivity index (χ3n) is 7.68. The zero-order valence-electron chi connectivity index (χ0n) is 21.5. The average Bonchev–Trinajstić information content (AvgIpc) is 3.63. The fraction of sp³-hybridized carbons (Fsp3) is 0.483. The topological polar surface area (TPSA) is 68.7 Å². The van der Waals surface area contributed by atoms with Crippen LogP contribution in [0, 0.1) is 17.8 Å². The van der Waals surface area contributed by atoms with Crippen LogP contribution in [0.25, 0.3) is 21.7 Å². The van der Waals surface area contributed by atoms with Crippen molar-refractivity contribution in [2.75, 3.05) is 31.8 Å². The van der Waals surface area contributed by atoms with E-state index in [1.54, 1.807) is 11.3 Å². The van der Waals surface area contributed by atoms with Crippen LogP contribution < -0.4 is 4.90 Å². The summed E-state index contributed by atoms with van der Waals surface area (Å²) in [6.07, 6.45) is 5.82. The van der Waals surface area contributed by atoms with Crippen LogP contribution in [0.4, 0.5) is 5.69 Å². The molecule has 6 nitrogen and oxygen atoms in total.